The van der Waals surface area contributed by atoms with Gasteiger partial charge in [0.1, 0.15) is 24.1 Å². The van der Waals surface area contributed by atoms with E-state index in [1.165, 1.54) is 10.9 Å². The molecule has 0 spiro atoms. The summed E-state index contributed by atoms with van der Waals surface area (Å²) in [5.41, 5.74) is 0.362. The Morgan fingerprint density at radius 1 is 1.24 bits per heavy atom. The number of aliphatic hydroxyl groups is 1. The second-order valence-electron chi connectivity index (χ2n) is 8.16. The number of aliphatic hydroxyl groups excluding tert-OH is 1. The Balaban J connectivity index is 1.62. The van der Waals surface area contributed by atoms with Crippen molar-refractivity contribution in [2.45, 2.75) is 51.1 Å². The van der Waals surface area contributed by atoms with E-state index < -0.39 is 42.2 Å². The van der Waals surface area contributed by atoms with Crippen LogP contribution in [0.25, 0.3) is 0 Å². The molecule has 0 aliphatic carbocycles. The quantitative estimate of drug-likeness (QED) is 0.405. The lowest BCUT2D eigenvalue weighted by Gasteiger charge is -2.25. The Hall–Kier alpha value is -2.90. The maximum atomic E-state index is 12.6. The lowest BCUT2D eigenvalue weighted by molar-refractivity contribution is -0.199. The summed E-state index contributed by atoms with van der Waals surface area (Å²) in [4.78, 5) is 29.3. The molecule has 1 amide bonds. The molecule has 12 heteroatoms. The van der Waals surface area contributed by atoms with Crippen LogP contribution in [0.5, 0.6) is 0 Å². The summed E-state index contributed by atoms with van der Waals surface area (Å²) in [7, 11) is 0. The number of carbonyl (C=O) groups is 2. The lowest BCUT2D eigenvalue weighted by atomic mass is 10.1. The fraction of sp³-hybridized carbons (Fsp3) is 0.455. The first-order valence-electron chi connectivity index (χ1n) is 10.8. The third kappa shape index (κ3) is 4.81. The number of amides is 1. The highest BCUT2D eigenvalue weighted by atomic mass is 32.1. The number of imidazole rings is 1. The Morgan fingerprint density at radius 2 is 1.94 bits per heavy atom. The van der Waals surface area contributed by atoms with Crippen LogP contribution in [0.1, 0.15) is 47.8 Å². The third-order valence-electron chi connectivity index (χ3n) is 5.34. The van der Waals surface area contributed by atoms with Gasteiger partial charge in [0.2, 0.25) is 0 Å². The second-order valence-corrected chi connectivity index (χ2v) is 8.56. The molecule has 3 heterocycles. The van der Waals surface area contributed by atoms with E-state index in [1.54, 1.807) is 51.1 Å². The van der Waals surface area contributed by atoms with Crippen LogP contribution in [-0.2, 0) is 18.9 Å². The van der Waals surface area contributed by atoms with Crippen molar-refractivity contribution < 1.29 is 33.6 Å². The SMILES string of the molecule is CCOC(=O)c1ncn(C2O[C@H](CO)[C@H]3OC(C)(C)O[C@@H]23)c1NC(=S)NC(=O)c1ccccc1. The molecule has 1 aromatic heterocycles. The lowest BCUT2D eigenvalue weighted by Crippen LogP contribution is -2.36. The molecule has 0 saturated carbocycles. The monoisotopic (exact) mass is 490 g/mol. The average molecular weight is 491 g/mol. The number of rotatable bonds is 6. The van der Waals surface area contributed by atoms with Crippen molar-refractivity contribution in [1.29, 1.82) is 0 Å². The number of hydrogen-bond donors (Lipinski definition) is 3. The molecule has 3 N–H and O–H groups in total. The van der Waals surface area contributed by atoms with Crippen LogP contribution in [0.3, 0.4) is 0 Å². The zero-order valence-electron chi connectivity index (χ0n) is 18.9. The number of thiocarbonyl (C=S) groups is 1. The normalized spacial score (nSPS) is 24.9. The van der Waals surface area contributed by atoms with Crippen molar-refractivity contribution in [3.05, 3.63) is 47.9 Å². The van der Waals surface area contributed by atoms with E-state index in [0.717, 1.165) is 0 Å². The molecule has 11 nitrogen and oxygen atoms in total. The van der Waals surface area contributed by atoms with E-state index in [-0.39, 0.29) is 29.8 Å². The van der Waals surface area contributed by atoms with E-state index >= 15 is 0 Å². The van der Waals surface area contributed by atoms with Crippen LogP contribution in [0.4, 0.5) is 5.82 Å². The minimum Gasteiger partial charge on any atom is -0.461 e. The van der Waals surface area contributed by atoms with Gasteiger partial charge in [-0.25, -0.2) is 9.78 Å². The first-order chi connectivity index (χ1) is 16.2. The van der Waals surface area contributed by atoms with E-state index in [4.69, 9.17) is 31.2 Å². The van der Waals surface area contributed by atoms with Gasteiger partial charge in [0.15, 0.2) is 22.8 Å². The van der Waals surface area contributed by atoms with Gasteiger partial charge in [-0.1, -0.05) is 18.2 Å². The van der Waals surface area contributed by atoms with Crippen LogP contribution in [0, 0.1) is 0 Å². The number of hydrogen-bond acceptors (Lipinski definition) is 9. The molecular weight excluding hydrogens is 464 g/mol. The summed E-state index contributed by atoms with van der Waals surface area (Å²) >= 11 is 5.33. The number of carbonyl (C=O) groups excluding carboxylic acids is 2. The van der Waals surface area contributed by atoms with E-state index in [0.29, 0.717) is 5.56 Å². The van der Waals surface area contributed by atoms with Gasteiger partial charge >= 0.3 is 5.97 Å². The number of esters is 1. The van der Waals surface area contributed by atoms with Crippen LogP contribution in [0.15, 0.2) is 36.7 Å². The van der Waals surface area contributed by atoms with Crippen LogP contribution in [-0.4, -0.2) is 69.0 Å². The predicted octanol–water partition coefficient (Wildman–Crippen LogP) is 1.60. The highest BCUT2D eigenvalue weighted by molar-refractivity contribution is 7.80. The molecule has 4 rings (SSSR count). The second kappa shape index (κ2) is 9.76. The molecule has 4 atom stereocenters. The van der Waals surface area contributed by atoms with Gasteiger partial charge in [-0.2, -0.15) is 0 Å². The molecular formula is C22H26N4O7S. The van der Waals surface area contributed by atoms with Crippen molar-refractivity contribution in [3.63, 3.8) is 0 Å². The summed E-state index contributed by atoms with van der Waals surface area (Å²) in [6, 6.07) is 8.55. The first-order valence-corrected chi connectivity index (χ1v) is 11.2. The zero-order chi connectivity index (χ0) is 24.5. The molecule has 2 aliphatic heterocycles. The molecule has 1 unspecified atom stereocenters. The molecule has 1 aromatic carbocycles. The van der Waals surface area contributed by atoms with Gasteiger partial charge < -0.3 is 29.4 Å². The third-order valence-corrected chi connectivity index (χ3v) is 5.54. The molecule has 2 aliphatic rings. The number of ether oxygens (including phenoxy) is 4. The van der Waals surface area contributed by atoms with Crippen LogP contribution in [0.2, 0.25) is 0 Å². The number of aromatic nitrogens is 2. The predicted molar refractivity (Wildman–Crippen MR) is 123 cm³/mol. The van der Waals surface area contributed by atoms with E-state index in [1.807, 2.05) is 0 Å². The molecule has 182 valence electrons. The minimum atomic E-state index is -0.887. The van der Waals surface area contributed by atoms with Gasteiger partial charge in [0.05, 0.1) is 19.5 Å². The number of benzene rings is 1. The van der Waals surface area contributed by atoms with E-state index in [2.05, 4.69) is 15.6 Å². The first kappa shape index (κ1) is 24.2. The zero-order valence-corrected chi connectivity index (χ0v) is 19.7. The highest BCUT2D eigenvalue weighted by Gasteiger charge is 2.56. The minimum absolute atomic E-state index is 0.0519. The summed E-state index contributed by atoms with van der Waals surface area (Å²) in [6.45, 7) is 5.06. The number of anilines is 1. The number of fused-ring (bicyclic) bond motifs is 1. The van der Waals surface area contributed by atoms with Crippen LogP contribution < -0.4 is 10.6 Å². The largest absolute Gasteiger partial charge is 0.461 e. The number of nitrogens with zero attached hydrogens (tertiary/aromatic N) is 2. The van der Waals surface area contributed by atoms with Crippen molar-refractivity contribution in [2.24, 2.45) is 0 Å². The Bertz CT molecular complexity index is 1070. The summed E-state index contributed by atoms with van der Waals surface area (Å²) < 4.78 is 24.5. The van der Waals surface area contributed by atoms with Crippen molar-refractivity contribution >= 4 is 35.0 Å². The molecule has 34 heavy (non-hydrogen) atoms. The summed E-state index contributed by atoms with van der Waals surface area (Å²) in [6.07, 6.45) is -1.19. The smallest absolute Gasteiger partial charge is 0.360 e. The maximum Gasteiger partial charge on any atom is 0.360 e. The molecule has 2 fully saturated rings. The Kier molecular flexibility index (Phi) is 6.96. The number of nitrogens with one attached hydrogen (secondary N) is 2. The van der Waals surface area contributed by atoms with Gasteiger partial charge in [0.25, 0.3) is 5.91 Å². The molecule has 2 aromatic rings. The van der Waals surface area contributed by atoms with Gasteiger partial charge in [0, 0.05) is 5.56 Å². The fourth-order valence-corrected chi connectivity index (χ4v) is 4.15. The molecule has 2 saturated heterocycles. The summed E-state index contributed by atoms with van der Waals surface area (Å²) in [5.74, 6) is -1.85. The van der Waals surface area contributed by atoms with Gasteiger partial charge in [-0.3, -0.25) is 14.7 Å². The average Bonchev–Trinajstić information content (AvgIpc) is 3.44. The van der Waals surface area contributed by atoms with Crippen molar-refractivity contribution in [1.82, 2.24) is 14.9 Å². The maximum absolute atomic E-state index is 12.6. The fourth-order valence-electron chi connectivity index (χ4n) is 3.96. The van der Waals surface area contributed by atoms with Crippen molar-refractivity contribution in [3.8, 4) is 0 Å². The van der Waals surface area contributed by atoms with E-state index in [9.17, 15) is 14.7 Å². The Labute approximate surface area is 201 Å². The standard InChI is InChI=1S/C22H26N4O7S/c1-4-30-20(29)14-17(24-21(34)25-18(28)12-8-6-5-7-9-12)26(11-23-14)19-16-15(13(10-27)31-19)32-22(2,3)33-16/h5-9,11,13,15-16,19,27H,4,10H2,1-3H3,(H2,24,25,28,34)/t13-,15-,16-,19?/m1/s1. The molecule has 0 bridgehead atoms. The summed E-state index contributed by atoms with van der Waals surface area (Å²) in [5, 5.41) is 15.2. The van der Waals surface area contributed by atoms with Crippen LogP contribution >= 0.6 is 12.2 Å². The molecule has 0 radical (unpaired) electrons. The van der Waals surface area contributed by atoms with Gasteiger partial charge in [-0.05, 0) is 45.1 Å². The highest BCUT2D eigenvalue weighted by Crippen LogP contribution is 2.44. The topological polar surface area (TPSA) is 133 Å². The Morgan fingerprint density at radius 3 is 2.62 bits per heavy atom. The van der Waals surface area contributed by atoms with Crippen molar-refractivity contribution in [2.75, 3.05) is 18.5 Å². The van der Waals surface area contributed by atoms with Gasteiger partial charge in [-0.15, -0.1) is 0 Å².